The van der Waals surface area contributed by atoms with Gasteiger partial charge in [-0.25, -0.2) is 37.5 Å². The van der Waals surface area contributed by atoms with E-state index in [1.54, 1.807) is 0 Å². The molecule has 8 aromatic rings. The molecule has 0 radical (unpaired) electrons. The zero-order valence-electron chi connectivity index (χ0n) is 51.4. The van der Waals surface area contributed by atoms with Gasteiger partial charge >= 0.3 is 11.9 Å². The number of anilines is 2. The minimum absolute atomic E-state index is 0.0182. The van der Waals surface area contributed by atoms with Gasteiger partial charge in [0.25, 0.3) is 0 Å². The maximum Gasteiger partial charge on any atom is 0.313 e. The normalized spacial score (nSPS) is 11.8. The number of aryl methyl sites for hydroxylation is 4. The van der Waals surface area contributed by atoms with Gasteiger partial charge in [-0.05, 0) is 87.5 Å². The number of esters is 1. The summed E-state index contributed by atoms with van der Waals surface area (Å²) < 4.78 is 119. The van der Waals surface area contributed by atoms with Crippen molar-refractivity contribution in [1.29, 1.82) is 0 Å². The molecule has 0 spiro atoms. The molecular formula is C64H82F8N10O7+2. The van der Waals surface area contributed by atoms with E-state index in [1.165, 1.54) is 11.1 Å². The van der Waals surface area contributed by atoms with Gasteiger partial charge in [0.05, 0.1) is 91.6 Å². The predicted molar refractivity (Wildman–Crippen MR) is 326 cm³/mol. The van der Waals surface area contributed by atoms with Gasteiger partial charge in [0, 0.05) is 35.7 Å². The number of unbranched alkanes of at least 4 members (excludes halogenated alkanes) is 6. The fraction of sp³-hybridized carbons (Fsp3) is 0.469. The van der Waals surface area contributed by atoms with Crippen molar-refractivity contribution in [2.24, 2.45) is 0 Å². The van der Waals surface area contributed by atoms with E-state index in [9.17, 15) is 44.7 Å². The molecule has 8 rings (SSSR count). The van der Waals surface area contributed by atoms with Gasteiger partial charge < -0.3 is 54.8 Å². The lowest BCUT2D eigenvalue weighted by Gasteiger charge is -2.29. The van der Waals surface area contributed by atoms with Gasteiger partial charge in [0.2, 0.25) is 29.0 Å². The Morgan fingerprint density at radius 1 is 0.517 bits per heavy atom. The number of quaternary nitrogens is 2. The molecule has 4 aromatic heterocycles. The number of carbonyl (C=O) groups is 2. The number of phenolic OH excluding ortho intramolecular Hbond substituents is 1. The highest BCUT2D eigenvalue weighted by Gasteiger charge is 2.24. The van der Waals surface area contributed by atoms with Gasteiger partial charge in [-0.1, -0.05) is 51.0 Å². The number of likely N-dealkylation sites (N-methyl/N-ethyl adjacent to an activating group) is 2. The SMILES string of the molecule is CCCCc1nc2c([nH]1)c(N)nc1cc(CCCCC[N+](C)(C)CCOCCC(=O)O)ccc12.CCCCc1nc2c([nH]1)c(N)nc1cc(CCCCC[N+](C)(C)CCOCCC(=O)Oc3c(F)c(F)cc(F)c3F)ccc12.Oc1c(F)c(F)cc(F)c1F. The molecule has 0 fully saturated rings. The number of carbonyl (C=O) groups excluding carboxylic acids is 1. The number of phenols is 1. The summed E-state index contributed by atoms with van der Waals surface area (Å²) in [7, 11) is 8.57. The van der Waals surface area contributed by atoms with Crippen LogP contribution in [0.1, 0.15) is 114 Å². The van der Waals surface area contributed by atoms with Crippen molar-refractivity contribution in [3.8, 4) is 11.5 Å². The van der Waals surface area contributed by atoms with Crippen LogP contribution < -0.4 is 16.2 Å². The summed E-state index contributed by atoms with van der Waals surface area (Å²) in [6, 6.07) is 12.9. The van der Waals surface area contributed by atoms with E-state index in [4.69, 9.17) is 41.1 Å². The number of pyridine rings is 2. The highest BCUT2D eigenvalue weighted by atomic mass is 19.2. The molecule has 0 amide bonds. The van der Waals surface area contributed by atoms with Gasteiger partial charge in [-0.15, -0.1) is 0 Å². The molecule has 17 nitrogen and oxygen atoms in total. The fourth-order valence-corrected chi connectivity index (χ4v) is 9.78. The summed E-state index contributed by atoms with van der Waals surface area (Å²) in [5.74, 6) is -15.6. The lowest BCUT2D eigenvalue weighted by molar-refractivity contribution is -0.891. The van der Waals surface area contributed by atoms with E-state index >= 15 is 0 Å². The number of aromatic amines is 2. The van der Waals surface area contributed by atoms with Crippen LogP contribution in [0.5, 0.6) is 11.5 Å². The molecule has 8 N–H and O–H groups in total. The van der Waals surface area contributed by atoms with Crippen LogP contribution in [0.15, 0.2) is 48.5 Å². The zero-order chi connectivity index (χ0) is 65.0. The fourth-order valence-electron chi connectivity index (χ4n) is 9.78. The van der Waals surface area contributed by atoms with Crippen molar-refractivity contribution < 1.29 is 78.1 Å². The minimum Gasteiger partial charge on any atom is -0.503 e. The zero-order valence-corrected chi connectivity index (χ0v) is 51.4. The Bertz CT molecular complexity index is 3620. The summed E-state index contributed by atoms with van der Waals surface area (Å²) in [6.07, 6.45) is 14.4. The number of halogens is 8. The van der Waals surface area contributed by atoms with Crippen LogP contribution in [0.3, 0.4) is 0 Å². The first kappa shape index (κ1) is 70.3. The number of hydrogen-bond donors (Lipinski definition) is 6. The van der Waals surface area contributed by atoms with E-state index in [0.29, 0.717) is 35.9 Å². The Hall–Kier alpha value is -7.74. The molecule has 0 aliphatic rings. The van der Waals surface area contributed by atoms with E-state index in [1.807, 2.05) is 0 Å². The molecule has 4 heterocycles. The monoisotopic (exact) mass is 1250 g/mol. The average molecular weight is 1260 g/mol. The molecule has 0 atom stereocenters. The Balaban J connectivity index is 0.000000247. The molecular weight excluding hydrogens is 1170 g/mol. The smallest absolute Gasteiger partial charge is 0.313 e. The lowest BCUT2D eigenvalue weighted by atomic mass is 10.0. The number of nitrogens with zero attached hydrogens (tertiary/aromatic N) is 6. The van der Waals surface area contributed by atoms with Crippen LogP contribution in [-0.4, -0.2) is 142 Å². The number of carboxylic acid groups (broad SMARTS) is 1. The van der Waals surface area contributed by atoms with Crippen LogP contribution in [0, 0.1) is 46.5 Å². The number of benzene rings is 4. The van der Waals surface area contributed by atoms with Gasteiger partial charge in [-0.2, -0.15) is 17.6 Å². The third-order valence-electron chi connectivity index (χ3n) is 15.1. The van der Waals surface area contributed by atoms with E-state index in [2.05, 4.69) is 103 Å². The van der Waals surface area contributed by atoms with E-state index in [0.717, 1.165) is 170 Å². The predicted octanol–water partition coefficient (Wildman–Crippen LogP) is 12.7. The highest BCUT2D eigenvalue weighted by Crippen LogP contribution is 2.31. The topological polar surface area (TPSA) is 237 Å². The Morgan fingerprint density at radius 2 is 0.933 bits per heavy atom. The first-order valence-electron chi connectivity index (χ1n) is 30.0. The van der Waals surface area contributed by atoms with Crippen LogP contribution in [0.4, 0.5) is 46.8 Å². The Kier molecular flexibility index (Phi) is 26.2. The van der Waals surface area contributed by atoms with Crippen LogP contribution in [-0.2, 0) is 44.7 Å². The molecule has 0 saturated heterocycles. The van der Waals surface area contributed by atoms with Crippen molar-refractivity contribution in [1.82, 2.24) is 29.9 Å². The van der Waals surface area contributed by atoms with Crippen LogP contribution in [0.2, 0.25) is 0 Å². The van der Waals surface area contributed by atoms with Crippen molar-refractivity contribution in [3.05, 3.63) is 118 Å². The van der Waals surface area contributed by atoms with Crippen LogP contribution >= 0.6 is 0 Å². The number of fused-ring (bicyclic) bond motifs is 6. The van der Waals surface area contributed by atoms with Crippen molar-refractivity contribution in [3.63, 3.8) is 0 Å². The number of nitrogen functional groups attached to an aromatic ring is 2. The first-order chi connectivity index (χ1) is 42.3. The maximum absolute atomic E-state index is 13.7. The van der Waals surface area contributed by atoms with E-state index < -0.39 is 70.0 Å². The summed E-state index contributed by atoms with van der Waals surface area (Å²) in [5, 5.41) is 19.0. The Morgan fingerprint density at radius 3 is 1.35 bits per heavy atom. The minimum atomic E-state index is -1.79. The highest BCUT2D eigenvalue weighted by molar-refractivity contribution is 6.07. The number of carboxylic acids is 1. The number of rotatable bonds is 31. The standard InChI is InChI=1S/C32H40F4N5O3.C26H39N5O3.C6H2F4O/c1-4-5-10-25-39-29-21-12-11-20(18-24(21)38-32(37)30(29)40-25)9-7-6-8-14-41(2,3)15-17-43-16-13-26(42)44-31-27(35)22(33)19-23(34)28(31)36;1-4-5-10-22-29-24-20-12-11-19(18-21(20)28-26(27)25(24)30-22)9-7-6-8-14-31(2,3)15-17-34-16-13-23(32)33;7-2-1-3(8)5(10)6(11)4(2)9/h11-12,18-19H,4-10,13-17H2,1-3H3,(H2,37,38)(H,39,40);11-12,18H,4-10,13-17H2,1-3H3,(H3-,27,28,29,30,32,33);1,11H/q+1;;/p+1. The van der Waals surface area contributed by atoms with Gasteiger partial charge in [0.15, 0.2) is 29.0 Å². The first-order valence-corrected chi connectivity index (χ1v) is 30.0. The molecule has 4 aromatic carbocycles. The number of hydrogen-bond acceptors (Lipinski definition) is 12. The van der Waals surface area contributed by atoms with Gasteiger partial charge in [0.1, 0.15) is 58.4 Å². The molecule has 0 aliphatic carbocycles. The summed E-state index contributed by atoms with van der Waals surface area (Å²) in [6.45, 7) is 9.10. The second-order valence-electron chi connectivity index (χ2n) is 23.3. The number of nitrogens with one attached hydrogen (secondary N) is 2. The third kappa shape index (κ3) is 20.7. The number of aliphatic carboxylic acids is 1. The lowest BCUT2D eigenvalue weighted by Crippen LogP contribution is -2.43. The molecule has 484 valence electrons. The van der Waals surface area contributed by atoms with Gasteiger partial charge in [-0.3, -0.25) is 9.59 Å². The largest absolute Gasteiger partial charge is 0.503 e. The second-order valence-corrected chi connectivity index (χ2v) is 23.3. The summed E-state index contributed by atoms with van der Waals surface area (Å²) >= 11 is 0. The quantitative estimate of drug-likeness (QED) is 0.00593. The molecule has 89 heavy (non-hydrogen) atoms. The number of nitrogens with two attached hydrogens (primary N) is 2. The number of H-pyrrole nitrogens is 2. The number of aromatic hydroxyl groups is 1. The molecule has 0 bridgehead atoms. The molecule has 0 saturated carbocycles. The number of aromatic nitrogens is 6. The Labute approximate surface area is 512 Å². The van der Waals surface area contributed by atoms with Crippen molar-refractivity contribution >= 4 is 67.4 Å². The number of ether oxygens (including phenoxy) is 3. The third-order valence-corrected chi connectivity index (χ3v) is 15.1. The molecule has 25 heteroatoms. The van der Waals surface area contributed by atoms with E-state index in [-0.39, 0.29) is 38.2 Å². The van der Waals surface area contributed by atoms with Crippen molar-refractivity contribution in [2.45, 2.75) is 117 Å². The maximum atomic E-state index is 13.7. The molecule has 0 unspecified atom stereocenters. The summed E-state index contributed by atoms with van der Waals surface area (Å²) in [5.41, 5.74) is 20.2. The summed E-state index contributed by atoms with van der Waals surface area (Å²) in [4.78, 5) is 48.0. The second kappa shape index (κ2) is 33.2. The van der Waals surface area contributed by atoms with Crippen LogP contribution in [0.25, 0.3) is 43.9 Å². The van der Waals surface area contributed by atoms with Crippen molar-refractivity contribution in [2.75, 3.05) is 92.3 Å². The number of imidazole rings is 2. The average Bonchev–Trinajstić information content (AvgIpc) is 1.72. The molecule has 0 aliphatic heterocycles.